The first-order chi connectivity index (χ1) is 11.3. The molecule has 0 aliphatic heterocycles. The predicted octanol–water partition coefficient (Wildman–Crippen LogP) is 2.85. The van der Waals surface area contributed by atoms with Crippen molar-refractivity contribution in [3.8, 4) is 5.88 Å². The number of aromatic nitrogens is 1. The fourth-order valence-electron chi connectivity index (χ4n) is 2.74. The van der Waals surface area contributed by atoms with E-state index in [-0.39, 0.29) is 24.0 Å². The van der Waals surface area contributed by atoms with E-state index in [1.165, 1.54) is 38.5 Å². The van der Waals surface area contributed by atoms with Gasteiger partial charge in [-0.1, -0.05) is 31.7 Å². The van der Waals surface area contributed by atoms with Gasteiger partial charge in [0.25, 0.3) is 0 Å². The first-order valence-corrected chi connectivity index (χ1v) is 8.41. The normalized spacial score (nSPS) is 16.1. The van der Waals surface area contributed by atoms with Crippen molar-refractivity contribution in [1.82, 2.24) is 10.3 Å². The van der Waals surface area contributed by atoms with Crippen LogP contribution in [-0.2, 0) is 11.3 Å². The number of rotatable bonds is 7. The fourth-order valence-corrected chi connectivity index (χ4v) is 2.74. The minimum absolute atomic E-state index is 0. The van der Waals surface area contributed by atoms with Crippen LogP contribution in [0.4, 0.5) is 0 Å². The molecule has 136 valence electrons. The first-order valence-electron chi connectivity index (χ1n) is 8.41. The number of guanidine groups is 1. The number of ether oxygens (including phenoxy) is 2. The Morgan fingerprint density at radius 2 is 2.04 bits per heavy atom. The molecule has 1 aromatic heterocycles. The maximum atomic E-state index is 6.03. The van der Waals surface area contributed by atoms with Crippen LogP contribution in [0.15, 0.2) is 23.3 Å². The Balaban J connectivity index is 0.00000288. The van der Waals surface area contributed by atoms with Crippen LogP contribution in [0.25, 0.3) is 0 Å². The maximum absolute atomic E-state index is 6.03. The van der Waals surface area contributed by atoms with Crippen LogP contribution >= 0.6 is 24.0 Å². The lowest BCUT2D eigenvalue weighted by Crippen LogP contribution is -2.39. The quantitative estimate of drug-likeness (QED) is 0.221. The van der Waals surface area contributed by atoms with E-state index in [1.54, 1.807) is 13.3 Å². The topological polar surface area (TPSA) is 81.8 Å². The smallest absolute Gasteiger partial charge is 0.218 e. The molecule has 0 unspecified atom stereocenters. The van der Waals surface area contributed by atoms with Crippen LogP contribution in [0.2, 0.25) is 0 Å². The predicted molar refractivity (Wildman–Crippen MR) is 107 cm³/mol. The molecule has 0 bridgehead atoms. The molecular weight excluding hydrogens is 419 g/mol. The number of hydrogen-bond acceptors (Lipinski definition) is 4. The number of pyridine rings is 1. The minimum atomic E-state index is 0. The number of nitrogens with zero attached hydrogens (tertiary/aromatic N) is 2. The molecule has 1 heterocycles. The number of nitrogens with two attached hydrogens (primary N) is 1. The van der Waals surface area contributed by atoms with Gasteiger partial charge < -0.3 is 20.5 Å². The van der Waals surface area contributed by atoms with Gasteiger partial charge in [-0.05, 0) is 18.9 Å². The van der Waals surface area contributed by atoms with E-state index in [4.69, 9.17) is 15.2 Å². The molecule has 0 spiro atoms. The lowest BCUT2D eigenvalue weighted by Gasteiger charge is -2.16. The second-order valence-electron chi connectivity index (χ2n) is 5.84. The first kappa shape index (κ1) is 21.0. The summed E-state index contributed by atoms with van der Waals surface area (Å²) in [6.45, 7) is 1.46. The Bertz CT molecular complexity index is 491. The SMILES string of the molecule is COCCOc1ncccc1CN=C(N)NC1CCCCCC1.I. The van der Waals surface area contributed by atoms with Gasteiger partial charge in [-0.2, -0.15) is 0 Å². The number of nitrogens with one attached hydrogen (secondary N) is 1. The van der Waals surface area contributed by atoms with Crippen LogP contribution in [0.1, 0.15) is 44.1 Å². The van der Waals surface area contributed by atoms with Gasteiger partial charge in [-0.25, -0.2) is 9.98 Å². The molecule has 1 aliphatic carbocycles. The summed E-state index contributed by atoms with van der Waals surface area (Å²) in [7, 11) is 1.65. The van der Waals surface area contributed by atoms with Gasteiger partial charge >= 0.3 is 0 Å². The zero-order valence-electron chi connectivity index (χ0n) is 14.4. The summed E-state index contributed by atoms with van der Waals surface area (Å²) < 4.78 is 10.6. The zero-order chi connectivity index (χ0) is 16.3. The molecule has 1 aromatic rings. The number of hydrogen-bond donors (Lipinski definition) is 2. The largest absolute Gasteiger partial charge is 0.475 e. The highest BCUT2D eigenvalue weighted by molar-refractivity contribution is 14.0. The molecule has 1 aliphatic rings. The standard InChI is InChI=1S/C17H28N4O2.HI/c1-22-11-12-23-16-14(7-6-10-19-16)13-20-17(18)21-15-8-4-2-3-5-9-15;/h6-7,10,15H,2-5,8-9,11-13H2,1H3,(H3,18,20,21);1H. The van der Waals surface area contributed by atoms with E-state index in [1.807, 2.05) is 12.1 Å². The van der Waals surface area contributed by atoms with Crippen molar-refractivity contribution < 1.29 is 9.47 Å². The summed E-state index contributed by atoms with van der Waals surface area (Å²) in [4.78, 5) is 8.69. The van der Waals surface area contributed by atoms with E-state index in [9.17, 15) is 0 Å². The van der Waals surface area contributed by atoms with Crippen molar-refractivity contribution in [2.24, 2.45) is 10.7 Å². The molecule has 0 saturated heterocycles. The Kier molecular flexibility index (Phi) is 10.7. The van der Waals surface area contributed by atoms with Crippen molar-refractivity contribution >= 4 is 29.9 Å². The summed E-state index contributed by atoms with van der Waals surface area (Å²) in [5.74, 6) is 1.10. The van der Waals surface area contributed by atoms with Crippen molar-refractivity contribution in [1.29, 1.82) is 0 Å². The van der Waals surface area contributed by atoms with Crippen molar-refractivity contribution in [2.75, 3.05) is 20.3 Å². The highest BCUT2D eigenvalue weighted by Crippen LogP contribution is 2.17. The Morgan fingerprint density at radius 1 is 1.29 bits per heavy atom. The average molecular weight is 448 g/mol. The van der Waals surface area contributed by atoms with Gasteiger partial charge in [0.05, 0.1) is 13.2 Å². The van der Waals surface area contributed by atoms with E-state index < -0.39 is 0 Å². The van der Waals surface area contributed by atoms with Crippen molar-refractivity contribution in [3.63, 3.8) is 0 Å². The van der Waals surface area contributed by atoms with Crippen LogP contribution in [0.3, 0.4) is 0 Å². The Morgan fingerprint density at radius 3 is 2.75 bits per heavy atom. The van der Waals surface area contributed by atoms with Gasteiger partial charge in [0.2, 0.25) is 5.88 Å². The molecule has 0 radical (unpaired) electrons. The van der Waals surface area contributed by atoms with Gasteiger partial charge in [0, 0.05) is 24.9 Å². The molecule has 0 aromatic carbocycles. The lowest BCUT2D eigenvalue weighted by molar-refractivity contribution is 0.143. The molecule has 7 heteroatoms. The van der Waals surface area contributed by atoms with Crippen molar-refractivity contribution in [2.45, 2.75) is 51.1 Å². The highest BCUT2D eigenvalue weighted by atomic mass is 127. The second kappa shape index (κ2) is 12.3. The van der Waals surface area contributed by atoms with E-state index in [2.05, 4.69) is 15.3 Å². The summed E-state index contributed by atoms with van der Waals surface area (Å²) in [6, 6.07) is 4.29. The Hall–Kier alpha value is -1.09. The molecule has 24 heavy (non-hydrogen) atoms. The van der Waals surface area contributed by atoms with E-state index in [0.29, 0.717) is 37.6 Å². The molecule has 1 fully saturated rings. The van der Waals surface area contributed by atoms with Crippen LogP contribution < -0.4 is 15.8 Å². The molecule has 0 amide bonds. The van der Waals surface area contributed by atoms with E-state index >= 15 is 0 Å². The van der Waals surface area contributed by atoms with Crippen LogP contribution in [0, 0.1) is 0 Å². The van der Waals surface area contributed by atoms with E-state index in [0.717, 1.165) is 5.56 Å². The third-order valence-electron chi connectivity index (χ3n) is 4.00. The summed E-state index contributed by atoms with van der Waals surface area (Å²) >= 11 is 0. The minimum Gasteiger partial charge on any atom is -0.475 e. The van der Waals surface area contributed by atoms with Crippen molar-refractivity contribution in [3.05, 3.63) is 23.9 Å². The fraction of sp³-hybridized carbons (Fsp3) is 0.647. The van der Waals surface area contributed by atoms with Gasteiger partial charge in [0.1, 0.15) is 6.61 Å². The zero-order valence-corrected chi connectivity index (χ0v) is 16.7. The van der Waals surface area contributed by atoms with Crippen LogP contribution in [0.5, 0.6) is 5.88 Å². The van der Waals surface area contributed by atoms with Crippen LogP contribution in [-0.4, -0.2) is 37.3 Å². The molecule has 6 nitrogen and oxygen atoms in total. The van der Waals surface area contributed by atoms with Gasteiger partial charge in [-0.15, -0.1) is 24.0 Å². The van der Waals surface area contributed by atoms with Gasteiger partial charge in [0.15, 0.2) is 5.96 Å². The summed E-state index contributed by atoms with van der Waals surface area (Å²) in [6.07, 6.45) is 9.25. The number of halogens is 1. The highest BCUT2D eigenvalue weighted by Gasteiger charge is 2.12. The molecule has 1 saturated carbocycles. The summed E-state index contributed by atoms with van der Waals surface area (Å²) in [5, 5.41) is 3.35. The molecule has 3 N–H and O–H groups in total. The summed E-state index contributed by atoms with van der Waals surface area (Å²) in [5.41, 5.74) is 6.96. The molecule has 0 atom stereocenters. The third-order valence-corrected chi connectivity index (χ3v) is 4.00. The molecular formula is C17H29IN4O2. The monoisotopic (exact) mass is 448 g/mol. The Labute approximate surface area is 161 Å². The second-order valence-corrected chi connectivity index (χ2v) is 5.84. The number of methoxy groups -OCH3 is 1. The maximum Gasteiger partial charge on any atom is 0.218 e. The average Bonchev–Trinajstić information content (AvgIpc) is 2.83. The number of aliphatic imine (C=N–C) groups is 1. The lowest BCUT2D eigenvalue weighted by atomic mass is 10.1. The molecule has 2 rings (SSSR count). The third kappa shape index (κ3) is 7.65. The van der Waals surface area contributed by atoms with Gasteiger partial charge in [-0.3, -0.25) is 0 Å².